The molecule has 4 heteroatoms. The summed E-state index contributed by atoms with van der Waals surface area (Å²) < 4.78 is 17.5. The van der Waals surface area contributed by atoms with Crippen molar-refractivity contribution in [3.63, 3.8) is 0 Å². The number of aliphatic hydroxyl groups excluding tert-OH is 1. The van der Waals surface area contributed by atoms with Gasteiger partial charge in [0, 0.05) is 11.6 Å². The Morgan fingerprint density at radius 1 is 1.58 bits per heavy atom. The van der Waals surface area contributed by atoms with Crippen molar-refractivity contribution in [3.05, 3.63) is 23.5 Å². The number of methoxy groups -OCH3 is 1. The lowest BCUT2D eigenvalue weighted by atomic mass is 10.1. The van der Waals surface area contributed by atoms with Crippen LogP contribution in [0.2, 0.25) is 0 Å². The van der Waals surface area contributed by atoms with E-state index in [2.05, 4.69) is 0 Å². The van der Waals surface area contributed by atoms with Crippen LogP contribution >= 0.6 is 0 Å². The molecule has 0 saturated carbocycles. The van der Waals surface area contributed by atoms with Gasteiger partial charge in [-0.2, -0.15) is 0 Å². The summed E-state index contributed by atoms with van der Waals surface area (Å²) in [5.74, 6) is -0.218. The fourth-order valence-electron chi connectivity index (χ4n) is 0.947. The third-order valence-electron chi connectivity index (χ3n) is 1.58. The number of nitrogen functional groups attached to an aromatic ring is 1. The molecule has 0 amide bonds. The van der Waals surface area contributed by atoms with E-state index in [4.69, 9.17) is 15.6 Å². The Morgan fingerprint density at radius 2 is 2.25 bits per heavy atom. The van der Waals surface area contributed by atoms with E-state index in [1.165, 1.54) is 19.2 Å². The molecule has 1 rings (SSSR count). The van der Waals surface area contributed by atoms with Gasteiger partial charge < -0.3 is 15.6 Å². The highest BCUT2D eigenvalue weighted by atomic mass is 19.1. The first-order chi connectivity index (χ1) is 5.69. The first-order valence-electron chi connectivity index (χ1n) is 3.41. The Morgan fingerprint density at radius 3 is 2.75 bits per heavy atom. The monoisotopic (exact) mass is 171 g/mol. The van der Waals surface area contributed by atoms with Crippen LogP contribution in [0.3, 0.4) is 0 Å². The minimum atomic E-state index is -0.467. The van der Waals surface area contributed by atoms with Crippen molar-refractivity contribution in [1.82, 2.24) is 0 Å². The Labute approximate surface area is 69.6 Å². The molecule has 0 spiro atoms. The molecule has 0 aliphatic rings. The number of hydrogen-bond acceptors (Lipinski definition) is 3. The van der Waals surface area contributed by atoms with Gasteiger partial charge in [-0.05, 0) is 6.07 Å². The summed E-state index contributed by atoms with van der Waals surface area (Å²) in [5.41, 5.74) is 6.14. The lowest BCUT2D eigenvalue weighted by Crippen LogP contribution is -1.99. The molecule has 12 heavy (non-hydrogen) atoms. The smallest absolute Gasteiger partial charge is 0.145 e. The lowest BCUT2D eigenvalue weighted by molar-refractivity contribution is 0.281. The minimum Gasteiger partial charge on any atom is -0.494 e. The molecule has 66 valence electrons. The average Bonchev–Trinajstić information content (AvgIpc) is 2.08. The van der Waals surface area contributed by atoms with E-state index in [0.29, 0.717) is 5.56 Å². The number of nitrogens with two attached hydrogens (primary N) is 1. The molecule has 0 heterocycles. The van der Waals surface area contributed by atoms with Crippen LogP contribution in [0.4, 0.5) is 10.1 Å². The molecule has 0 aliphatic heterocycles. The summed E-state index contributed by atoms with van der Waals surface area (Å²) in [5, 5.41) is 8.76. The second kappa shape index (κ2) is 3.40. The van der Waals surface area contributed by atoms with E-state index in [9.17, 15) is 4.39 Å². The number of halogens is 1. The highest BCUT2D eigenvalue weighted by Gasteiger charge is 2.07. The minimum absolute atomic E-state index is 0.249. The SMILES string of the molecule is COc1cc(F)cc(CO)c1N. The number of benzene rings is 1. The van der Waals surface area contributed by atoms with Crippen molar-refractivity contribution in [2.75, 3.05) is 12.8 Å². The van der Waals surface area contributed by atoms with Crippen molar-refractivity contribution in [2.24, 2.45) is 0 Å². The van der Waals surface area contributed by atoms with E-state index in [-0.39, 0.29) is 18.0 Å². The normalized spacial score (nSPS) is 9.92. The van der Waals surface area contributed by atoms with Crippen LogP contribution in [0.25, 0.3) is 0 Å². The quantitative estimate of drug-likeness (QED) is 0.650. The third kappa shape index (κ3) is 1.48. The van der Waals surface area contributed by atoms with Gasteiger partial charge in [0.05, 0.1) is 19.4 Å². The van der Waals surface area contributed by atoms with Gasteiger partial charge in [-0.25, -0.2) is 4.39 Å². The summed E-state index contributed by atoms with van der Waals surface area (Å²) in [6.07, 6.45) is 0. The summed E-state index contributed by atoms with van der Waals surface area (Å²) in [6.45, 7) is -0.292. The van der Waals surface area contributed by atoms with Crippen LogP contribution in [0.15, 0.2) is 12.1 Å². The molecule has 0 saturated heterocycles. The lowest BCUT2D eigenvalue weighted by Gasteiger charge is -2.07. The number of anilines is 1. The van der Waals surface area contributed by atoms with E-state index >= 15 is 0 Å². The predicted octanol–water partition coefficient (Wildman–Crippen LogP) is 0.909. The second-order valence-corrected chi connectivity index (χ2v) is 2.34. The second-order valence-electron chi connectivity index (χ2n) is 2.34. The number of hydrogen-bond donors (Lipinski definition) is 2. The maximum absolute atomic E-state index is 12.7. The highest BCUT2D eigenvalue weighted by molar-refractivity contribution is 5.58. The third-order valence-corrected chi connectivity index (χ3v) is 1.58. The topological polar surface area (TPSA) is 55.5 Å². The van der Waals surface area contributed by atoms with Crippen molar-refractivity contribution in [1.29, 1.82) is 0 Å². The maximum atomic E-state index is 12.7. The van der Waals surface area contributed by atoms with Crippen molar-refractivity contribution < 1.29 is 14.2 Å². The molecule has 1 aromatic carbocycles. The van der Waals surface area contributed by atoms with Crippen molar-refractivity contribution in [3.8, 4) is 5.75 Å². The highest BCUT2D eigenvalue weighted by Crippen LogP contribution is 2.26. The fraction of sp³-hybridized carbons (Fsp3) is 0.250. The zero-order chi connectivity index (χ0) is 9.14. The van der Waals surface area contributed by atoms with Crippen molar-refractivity contribution >= 4 is 5.69 Å². The van der Waals surface area contributed by atoms with Crippen LogP contribution in [0, 0.1) is 5.82 Å². The van der Waals surface area contributed by atoms with Gasteiger partial charge in [-0.1, -0.05) is 0 Å². The predicted molar refractivity (Wildman–Crippen MR) is 43.3 cm³/mol. The van der Waals surface area contributed by atoms with Gasteiger partial charge in [0.15, 0.2) is 0 Å². The first kappa shape index (κ1) is 8.80. The summed E-state index contributed by atoms with van der Waals surface area (Å²) >= 11 is 0. The first-order valence-corrected chi connectivity index (χ1v) is 3.41. The molecule has 0 fully saturated rings. The summed E-state index contributed by atoms with van der Waals surface area (Å²) in [4.78, 5) is 0. The molecular weight excluding hydrogens is 161 g/mol. The number of rotatable bonds is 2. The Balaban J connectivity index is 3.22. The average molecular weight is 171 g/mol. The van der Waals surface area contributed by atoms with Gasteiger partial charge in [0.25, 0.3) is 0 Å². The summed E-state index contributed by atoms with van der Waals surface area (Å²) in [6, 6.07) is 2.35. The van der Waals surface area contributed by atoms with Gasteiger partial charge in [0.2, 0.25) is 0 Å². The number of ether oxygens (including phenoxy) is 1. The number of aliphatic hydroxyl groups is 1. The molecular formula is C8H10FNO2. The molecule has 3 N–H and O–H groups in total. The molecule has 0 radical (unpaired) electrons. The van der Waals surface area contributed by atoms with Gasteiger partial charge in [0.1, 0.15) is 11.6 Å². The molecule has 0 atom stereocenters. The van der Waals surface area contributed by atoms with Gasteiger partial charge in [-0.15, -0.1) is 0 Å². The van der Waals surface area contributed by atoms with Crippen LogP contribution in [-0.4, -0.2) is 12.2 Å². The fourth-order valence-corrected chi connectivity index (χ4v) is 0.947. The van der Waals surface area contributed by atoms with E-state index in [0.717, 1.165) is 0 Å². The molecule has 0 bridgehead atoms. The zero-order valence-electron chi connectivity index (χ0n) is 6.67. The van der Waals surface area contributed by atoms with Crippen LogP contribution in [0.1, 0.15) is 5.56 Å². The van der Waals surface area contributed by atoms with Crippen LogP contribution in [0.5, 0.6) is 5.75 Å². The molecule has 0 unspecified atom stereocenters. The Kier molecular flexibility index (Phi) is 2.50. The molecule has 0 aromatic heterocycles. The largest absolute Gasteiger partial charge is 0.494 e. The Hall–Kier alpha value is -1.29. The standard InChI is InChI=1S/C8H10FNO2/c1-12-7-3-6(9)2-5(4-11)8(7)10/h2-3,11H,4,10H2,1H3. The van der Waals surface area contributed by atoms with E-state index in [1.807, 2.05) is 0 Å². The molecule has 3 nitrogen and oxygen atoms in total. The van der Waals surface area contributed by atoms with Gasteiger partial charge in [-0.3, -0.25) is 0 Å². The maximum Gasteiger partial charge on any atom is 0.145 e. The van der Waals surface area contributed by atoms with Gasteiger partial charge >= 0.3 is 0 Å². The van der Waals surface area contributed by atoms with E-state index < -0.39 is 5.82 Å². The Bertz CT molecular complexity index is 263. The molecule has 1 aromatic rings. The summed E-state index contributed by atoms with van der Waals surface area (Å²) in [7, 11) is 1.40. The van der Waals surface area contributed by atoms with E-state index in [1.54, 1.807) is 0 Å². The van der Waals surface area contributed by atoms with Crippen LogP contribution < -0.4 is 10.5 Å². The zero-order valence-corrected chi connectivity index (χ0v) is 6.67. The van der Waals surface area contributed by atoms with Crippen LogP contribution in [-0.2, 0) is 6.61 Å². The van der Waals surface area contributed by atoms with Crippen molar-refractivity contribution in [2.45, 2.75) is 6.61 Å². The molecule has 0 aliphatic carbocycles.